The van der Waals surface area contributed by atoms with Crippen LogP contribution in [0.4, 0.5) is 8.78 Å². The Hall–Kier alpha value is -0.480. The molecule has 0 saturated carbocycles. The lowest BCUT2D eigenvalue weighted by atomic mass is 10.1. The lowest BCUT2D eigenvalue weighted by Crippen LogP contribution is -2.18. The predicted molar refractivity (Wildman–Crippen MR) is 47.1 cm³/mol. The van der Waals surface area contributed by atoms with Gasteiger partial charge < -0.3 is 5.73 Å². The van der Waals surface area contributed by atoms with E-state index < -0.39 is 12.5 Å². The molecule has 0 aliphatic heterocycles. The summed E-state index contributed by atoms with van der Waals surface area (Å²) >= 11 is 3.20. The molecule has 0 aliphatic carbocycles. The Kier molecular flexibility index (Phi) is 3.17. The Balaban J connectivity index is 2.82. The van der Waals surface area contributed by atoms with Crippen LogP contribution in [-0.2, 0) is 0 Å². The highest BCUT2D eigenvalue weighted by Gasteiger charge is 2.16. The van der Waals surface area contributed by atoms with Crippen LogP contribution in [0, 0.1) is 0 Å². The minimum atomic E-state index is -2.51. The molecule has 1 atom stereocenters. The number of hydrogen-bond donors (Lipinski definition) is 1. The second kappa shape index (κ2) is 3.96. The number of benzene rings is 1. The van der Waals surface area contributed by atoms with Crippen molar-refractivity contribution in [3.63, 3.8) is 0 Å². The molecule has 0 fully saturated rings. The Morgan fingerprint density at radius 3 is 2.08 bits per heavy atom. The van der Waals surface area contributed by atoms with E-state index in [0.717, 1.165) is 4.47 Å². The van der Waals surface area contributed by atoms with Crippen molar-refractivity contribution in [2.75, 3.05) is 0 Å². The molecule has 1 rings (SSSR count). The maximum Gasteiger partial charge on any atom is 0.257 e. The highest BCUT2D eigenvalue weighted by atomic mass is 79.9. The average molecular weight is 236 g/mol. The molecule has 1 aromatic carbocycles. The van der Waals surface area contributed by atoms with Crippen molar-refractivity contribution in [2.24, 2.45) is 5.73 Å². The normalized spacial score (nSPS) is 13.4. The zero-order chi connectivity index (χ0) is 9.14. The van der Waals surface area contributed by atoms with Crippen LogP contribution in [0.1, 0.15) is 11.6 Å². The van der Waals surface area contributed by atoms with Crippen LogP contribution < -0.4 is 5.73 Å². The molecule has 1 aromatic rings. The van der Waals surface area contributed by atoms with Gasteiger partial charge in [0, 0.05) is 4.47 Å². The van der Waals surface area contributed by atoms with E-state index in [9.17, 15) is 8.78 Å². The molecule has 66 valence electrons. The van der Waals surface area contributed by atoms with Crippen LogP contribution in [0.5, 0.6) is 0 Å². The fourth-order valence-corrected chi connectivity index (χ4v) is 1.09. The number of nitrogens with two attached hydrogens (primary N) is 1. The van der Waals surface area contributed by atoms with Gasteiger partial charge in [0.05, 0.1) is 6.04 Å². The molecular weight excluding hydrogens is 228 g/mol. The molecule has 4 heteroatoms. The van der Waals surface area contributed by atoms with Gasteiger partial charge in [-0.05, 0) is 17.7 Å². The van der Waals surface area contributed by atoms with Crippen LogP contribution in [0.2, 0.25) is 0 Å². The first kappa shape index (κ1) is 9.61. The standard InChI is InChI=1S/C8H8BrF2N/c9-6-3-1-5(2-4-6)7(12)8(10)11/h1-4,7-8H,12H2/t7-/m1/s1. The molecular formula is C8H8BrF2N. The summed E-state index contributed by atoms with van der Waals surface area (Å²) in [5, 5.41) is 0. The zero-order valence-electron chi connectivity index (χ0n) is 6.18. The Morgan fingerprint density at radius 1 is 1.17 bits per heavy atom. The molecule has 1 nitrogen and oxygen atoms in total. The molecule has 0 spiro atoms. The molecule has 0 aliphatic rings. The van der Waals surface area contributed by atoms with Crippen molar-refractivity contribution in [3.05, 3.63) is 34.3 Å². The minimum Gasteiger partial charge on any atom is -0.319 e. The van der Waals surface area contributed by atoms with E-state index in [4.69, 9.17) is 5.73 Å². The summed E-state index contributed by atoms with van der Waals surface area (Å²) in [6.45, 7) is 0. The third-order valence-electron chi connectivity index (χ3n) is 1.53. The topological polar surface area (TPSA) is 26.0 Å². The van der Waals surface area contributed by atoms with Crippen LogP contribution in [0.25, 0.3) is 0 Å². The summed E-state index contributed by atoms with van der Waals surface area (Å²) in [6, 6.07) is 5.37. The van der Waals surface area contributed by atoms with E-state index in [1.807, 2.05) is 0 Å². The zero-order valence-corrected chi connectivity index (χ0v) is 7.76. The molecule has 0 heterocycles. The van der Waals surface area contributed by atoms with Crippen molar-refractivity contribution < 1.29 is 8.78 Å². The fraction of sp³-hybridized carbons (Fsp3) is 0.250. The first-order valence-electron chi connectivity index (χ1n) is 3.40. The lowest BCUT2D eigenvalue weighted by Gasteiger charge is -2.09. The van der Waals surface area contributed by atoms with Gasteiger partial charge in [-0.1, -0.05) is 28.1 Å². The van der Waals surface area contributed by atoms with Gasteiger partial charge in [0.15, 0.2) is 0 Å². The van der Waals surface area contributed by atoms with Crippen LogP contribution in [0.3, 0.4) is 0 Å². The Labute approximate surface area is 77.7 Å². The quantitative estimate of drug-likeness (QED) is 0.839. The number of halogens is 3. The van der Waals surface area contributed by atoms with Gasteiger partial charge in [-0.2, -0.15) is 0 Å². The molecule has 0 radical (unpaired) electrons. The summed E-state index contributed by atoms with van der Waals surface area (Å²) in [6.07, 6.45) is -2.51. The second-order valence-electron chi connectivity index (χ2n) is 2.41. The van der Waals surface area contributed by atoms with Gasteiger partial charge in [0.1, 0.15) is 0 Å². The summed E-state index contributed by atoms with van der Waals surface area (Å²) in [4.78, 5) is 0. The van der Waals surface area contributed by atoms with Gasteiger partial charge in [-0.25, -0.2) is 8.78 Å². The monoisotopic (exact) mass is 235 g/mol. The van der Waals surface area contributed by atoms with Crippen molar-refractivity contribution >= 4 is 15.9 Å². The van der Waals surface area contributed by atoms with Crippen molar-refractivity contribution in [3.8, 4) is 0 Å². The van der Waals surface area contributed by atoms with E-state index in [-0.39, 0.29) is 0 Å². The van der Waals surface area contributed by atoms with Crippen LogP contribution in [0.15, 0.2) is 28.7 Å². The third kappa shape index (κ3) is 2.25. The second-order valence-corrected chi connectivity index (χ2v) is 3.33. The number of rotatable bonds is 2. The summed E-state index contributed by atoms with van der Waals surface area (Å²) in [7, 11) is 0. The fourth-order valence-electron chi connectivity index (χ4n) is 0.830. The van der Waals surface area contributed by atoms with E-state index in [1.165, 1.54) is 0 Å². The summed E-state index contributed by atoms with van der Waals surface area (Å²) in [5.41, 5.74) is 5.67. The van der Waals surface area contributed by atoms with Crippen LogP contribution in [-0.4, -0.2) is 6.43 Å². The van der Waals surface area contributed by atoms with Crippen molar-refractivity contribution in [2.45, 2.75) is 12.5 Å². The SMILES string of the molecule is N[C@H](c1ccc(Br)cc1)C(F)F. The van der Waals surface area contributed by atoms with Gasteiger partial charge in [-0.15, -0.1) is 0 Å². The van der Waals surface area contributed by atoms with E-state index in [0.29, 0.717) is 5.56 Å². The first-order valence-corrected chi connectivity index (χ1v) is 4.20. The van der Waals surface area contributed by atoms with Gasteiger partial charge >= 0.3 is 0 Å². The molecule has 0 unspecified atom stereocenters. The molecule has 0 aromatic heterocycles. The van der Waals surface area contributed by atoms with Crippen LogP contribution >= 0.6 is 15.9 Å². The average Bonchev–Trinajstić information content (AvgIpc) is 2.04. The predicted octanol–water partition coefficient (Wildman–Crippen LogP) is 2.71. The molecule has 0 saturated heterocycles. The molecule has 2 N–H and O–H groups in total. The number of alkyl halides is 2. The van der Waals surface area contributed by atoms with E-state index in [2.05, 4.69) is 15.9 Å². The van der Waals surface area contributed by atoms with Gasteiger partial charge in [-0.3, -0.25) is 0 Å². The highest BCUT2D eigenvalue weighted by molar-refractivity contribution is 9.10. The maximum absolute atomic E-state index is 12.1. The van der Waals surface area contributed by atoms with Crippen molar-refractivity contribution in [1.82, 2.24) is 0 Å². The molecule has 0 amide bonds. The van der Waals surface area contributed by atoms with E-state index in [1.54, 1.807) is 24.3 Å². The number of hydrogen-bond acceptors (Lipinski definition) is 1. The maximum atomic E-state index is 12.1. The molecule has 0 bridgehead atoms. The third-order valence-corrected chi connectivity index (χ3v) is 2.06. The smallest absolute Gasteiger partial charge is 0.257 e. The molecule has 12 heavy (non-hydrogen) atoms. The summed E-state index contributed by atoms with van der Waals surface area (Å²) < 4.78 is 25.0. The Morgan fingerprint density at radius 2 is 1.67 bits per heavy atom. The van der Waals surface area contributed by atoms with Crippen molar-refractivity contribution in [1.29, 1.82) is 0 Å². The Bertz CT molecular complexity index is 248. The lowest BCUT2D eigenvalue weighted by molar-refractivity contribution is 0.116. The van der Waals surface area contributed by atoms with Gasteiger partial charge in [0.25, 0.3) is 6.43 Å². The van der Waals surface area contributed by atoms with Gasteiger partial charge in [0.2, 0.25) is 0 Å². The highest BCUT2D eigenvalue weighted by Crippen LogP contribution is 2.19. The minimum absolute atomic E-state index is 0.452. The largest absolute Gasteiger partial charge is 0.319 e. The summed E-state index contributed by atoms with van der Waals surface area (Å²) in [5.74, 6) is 0. The van der Waals surface area contributed by atoms with E-state index >= 15 is 0 Å². The first-order chi connectivity index (χ1) is 5.61.